The molecule has 26 heavy (non-hydrogen) atoms. The summed E-state index contributed by atoms with van der Waals surface area (Å²) >= 11 is 7.27. The number of halogens is 1. The number of hydrogen-bond acceptors (Lipinski definition) is 5. The highest BCUT2D eigenvalue weighted by Gasteiger charge is 2.17. The van der Waals surface area contributed by atoms with Crippen molar-refractivity contribution in [1.82, 2.24) is 14.5 Å². The van der Waals surface area contributed by atoms with Crippen molar-refractivity contribution in [2.45, 2.75) is 0 Å². The summed E-state index contributed by atoms with van der Waals surface area (Å²) in [5, 5.41) is 1.47. The fourth-order valence-electron chi connectivity index (χ4n) is 2.86. The van der Waals surface area contributed by atoms with Crippen LogP contribution < -0.4 is 10.5 Å². The first-order chi connectivity index (χ1) is 12.6. The van der Waals surface area contributed by atoms with Crippen LogP contribution in [-0.2, 0) is 0 Å². The molecule has 0 aliphatic heterocycles. The normalized spacial score (nSPS) is 11.0. The minimum Gasteiger partial charge on any atom is -0.363 e. The number of terminal acetylenes is 1. The van der Waals surface area contributed by atoms with Crippen LogP contribution in [0.2, 0.25) is 5.02 Å². The summed E-state index contributed by atoms with van der Waals surface area (Å²) in [7, 11) is 1.91. The molecule has 0 N–H and O–H groups in total. The Balaban J connectivity index is 1.98. The van der Waals surface area contributed by atoms with Crippen molar-refractivity contribution in [1.29, 1.82) is 0 Å². The Kier molecular flexibility index (Phi) is 4.11. The van der Waals surface area contributed by atoms with E-state index in [0.717, 1.165) is 15.9 Å². The van der Waals surface area contributed by atoms with Gasteiger partial charge >= 0.3 is 0 Å². The van der Waals surface area contributed by atoms with E-state index in [-0.39, 0.29) is 5.56 Å². The van der Waals surface area contributed by atoms with Crippen LogP contribution in [0.15, 0.2) is 47.7 Å². The van der Waals surface area contributed by atoms with Crippen molar-refractivity contribution in [2.24, 2.45) is 0 Å². The summed E-state index contributed by atoms with van der Waals surface area (Å²) in [6.45, 7) is 0.457. The lowest BCUT2D eigenvalue weighted by Crippen LogP contribution is -2.18. The first kappa shape index (κ1) is 16.6. The number of thiophene rings is 1. The lowest BCUT2D eigenvalue weighted by molar-refractivity contribution is 0.967. The van der Waals surface area contributed by atoms with Crippen molar-refractivity contribution in [3.63, 3.8) is 0 Å². The zero-order valence-electron chi connectivity index (χ0n) is 13.8. The van der Waals surface area contributed by atoms with Crippen LogP contribution >= 0.6 is 22.9 Å². The molecule has 0 spiro atoms. The summed E-state index contributed by atoms with van der Waals surface area (Å²) < 4.78 is 2.07. The summed E-state index contributed by atoms with van der Waals surface area (Å²) in [6, 6.07) is 8.95. The van der Waals surface area contributed by atoms with E-state index in [4.69, 9.17) is 18.0 Å². The van der Waals surface area contributed by atoms with Gasteiger partial charge in [-0.05, 0) is 30.3 Å². The molecular formula is C19H13ClN4OS. The van der Waals surface area contributed by atoms with E-state index in [0.29, 0.717) is 27.5 Å². The van der Waals surface area contributed by atoms with Crippen LogP contribution in [0.1, 0.15) is 0 Å². The molecule has 0 unspecified atom stereocenters. The fourth-order valence-corrected chi connectivity index (χ4v) is 4.04. The highest BCUT2D eigenvalue weighted by molar-refractivity contribution is 7.25. The molecule has 3 heterocycles. The molecule has 0 aliphatic rings. The van der Waals surface area contributed by atoms with Crippen molar-refractivity contribution in [2.75, 3.05) is 18.5 Å². The quantitative estimate of drug-likeness (QED) is 0.508. The van der Waals surface area contributed by atoms with Crippen LogP contribution in [0.25, 0.3) is 26.1 Å². The van der Waals surface area contributed by atoms with E-state index in [2.05, 4.69) is 15.9 Å². The second-order valence-electron chi connectivity index (χ2n) is 5.75. The number of hydrogen-bond donors (Lipinski definition) is 0. The molecule has 0 atom stereocenters. The molecule has 0 saturated carbocycles. The monoisotopic (exact) mass is 380 g/mol. The standard InChI is InChI=1S/C19H13ClN4OS/c1-3-10-23(2)14-8-9-21-18-15(14)16-17(26-18)19(25)24(11-22-16)13-6-4-12(20)5-7-13/h1,4-9,11H,10H2,2H3. The number of rotatable bonds is 3. The smallest absolute Gasteiger partial charge is 0.275 e. The van der Waals surface area contributed by atoms with E-state index in [1.807, 2.05) is 18.0 Å². The zero-order chi connectivity index (χ0) is 18.3. The predicted molar refractivity (Wildman–Crippen MR) is 108 cm³/mol. The maximum atomic E-state index is 13.0. The molecule has 0 saturated heterocycles. The number of benzene rings is 1. The van der Waals surface area contributed by atoms with E-state index < -0.39 is 0 Å². The third-order valence-corrected chi connectivity index (χ3v) is 5.43. The number of nitrogens with zero attached hydrogens (tertiary/aromatic N) is 4. The summed E-state index contributed by atoms with van der Waals surface area (Å²) in [5.41, 5.74) is 2.14. The SMILES string of the molecule is C#CCN(C)c1ccnc2sc3c(=O)n(-c4ccc(Cl)cc4)cnc3c12. The van der Waals surface area contributed by atoms with Gasteiger partial charge in [0, 0.05) is 18.3 Å². The first-order valence-corrected chi connectivity index (χ1v) is 8.99. The topological polar surface area (TPSA) is 51.0 Å². The molecule has 5 nitrogen and oxygen atoms in total. The molecule has 0 fully saturated rings. The van der Waals surface area contributed by atoms with Gasteiger partial charge < -0.3 is 4.90 Å². The molecule has 1 aromatic carbocycles. The van der Waals surface area contributed by atoms with Gasteiger partial charge in [0.2, 0.25) is 0 Å². The van der Waals surface area contributed by atoms with Crippen LogP contribution in [0.4, 0.5) is 5.69 Å². The molecule has 4 aromatic rings. The van der Waals surface area contributed by atoms with Gasteiger partial charge in [-0.1, -0.05) is 17.5 Å². The fraction of sp³-hybridized carbons (Fsp3) is 0.105. The Morgan fingerprint density at radius 2 is 2.04 bits per heavy atom. The third kappa shape index (κ3) is 2.62. The molecule has 0 amide bonds. The number of fused-ring (bicyclic) bond motifs is 3. The van der Waals surface area contributed by atoms with E-state index in [9.17, 15) is 4.79 Å². The largest absolute Gasteiger partial charge is 0.363 e. The molecule has 7 heteroatoms. The summed E-state index contributed by atoms with van der Waals surface area (Å²) in [6.07, 6.45) is 8.69. The average Bonchev–Trinajstić information content (AvgIpc) is 3.03. The number of aromatic nitrogens is 3. The average molecular weight is 381 g/mol. The van der Waals surface area contributed by atoms with Gasteiger partial charge in [-0.3, -0.25) is 9.36 Å². The van der Waals surface area contributed by atoms with Crippen molar-refractivity contribution >= 4 is 49.1 Å². The van der Waals surface area contributed by atoms with Crippen molar-refractivity contribution in [3.8, 4) is 18.0 Å². The Bertz CT molecular complexity index is 1220. The third-order valence-electron chi connectivity index (χ3n) is 4.10. The number of anilines is 1. The minimum atomic E-state index is -0.133. The van der Waals surface area contributed by atoms with Gasteiger partial charge in [0.1, 0.15) is 21.4 Å². The van der Waals surface area contributed by atoms with Gasteiger partial charge in [-0.25, -0.2) is 9.97 Å². The maximum Gasteiger partial charge on any atom is 0.275 e. The number of pyridine rings is 1. The second-order valence-corrected chi connectivity index (χ2v) is 7.18. The van der Waals surface area contributed by atoms with Crippen LogP contribution in [0, 0.1) is 12.3 Å². The van der Waals surface area contributed by atoms with Gasteiger partial charge in [-0.2, -0.15) is 0 Å². The lowest BCUT2D eigenvalue weighted by atomic mass is 10.2. The second kappa shape index (κ2) is 6.45. The van der Waals surface area contributed by atoms with Gasteiger partial charge in [0.25, 0.3) is 5.56 Å². The van der Waals surface area contributed by atoms with Crippen molar-refractivity contribution in [3.05, 3.63) is 58.2 Å². The van der Waals surface area contributed by atoms with E-state index >= 15 is 0 Å². The molecule has 0 aliphatic carbocycles. The molecule has 0 radical (unpaired) electrons. The molecular weight excluding hydrogens is 368 g/mol. The Hall–Kier alpha value is -2.88. The van der Waals surface area contributed by atoms with Crippen LogP contribution in [-0.4, -0.2) is 28.1 Å². The van der Waals surface area contributed by atoms with Crippen molar-refractivity contribution < 1.29 is 0 Å². The van der Waals surface area contributed by atoms with Gasteiger partial charge in [0.15, 0.2) is 0 Å². The molecule has 0 bridgehead atoms. The summed E-state index contributed by atoms with van der Waals surface area (Å²) in [4.78, 5) is 24.7. The molecule has 128 valence electrons. The van der Waals surface area contributed by atoms with Crippen LogP contribution in [0.3, 0.4) is 0 Å². The summed E-state index contributed by atoms with van der Waals surface area (Å²) in [5.74, 6) is 2.63. The highest BCUT2D eigenvalue weighted by Crippen LogP contribution is 2.35. The maximum absolute atomic E-state index is 13.0. The van der Waals surface area contributed by atoms with E-state index in [1.165, 1.54) is 22.2 Å². The zero-order valence-corrected chi connectivity index (χ0v) is 15.4. The predicted octanol–water partition coefficient (Wildman–Crippen LogP) is 3.72. The Labute approximate surface area is 158 Å². The molecule has 4 rings (SSSR count). The Morgan fingerprint density at radius 1 is 1.27 bits per heavy atom. The Morgan fingerprint density at radius 3 is 2.77 bits per heavy atom. The van der Waals surface area contributed by atoms with Crippen LogP contribution in [0.5, 0.6) is 0 Å². The highest BCUT2D eigenvalue weighted by atomic mass is 35.5. The minimum absolute atomic E-state index is 0.133. The van der Waals surface area contributed by atoms with E-state index in [1.54, 1.807) is 30.5 Å². The van der Waals surface area contributed by atoms with Gasteiger partial charge in [0.05, 0.1) is 23.3 Å². The lowest BCUT2D eigenvalue weighted by Gasteiger charge is -2.16. The van der Waals surface area contributed by atoms with Gasteiger partial charge in [-0.15, -0.1) is 17.8 Å². The first-order valence-electron chi connectivity index (χ1n) is 7.79. The molecule has 3 aromatic heterocycles.